The molecule has 1 fully saturated rings. The summed E-state index contributed by atoms with van der Waals surface area (Å²) in [4.78, 5) is 25.2. The zero-order valence-electron chi connectivity index (χ0n) is 21.8. The van der Waals surface area contributed by atoms with Crippen LogP contribution in [0.25, 0.3) is 0 Å². The van der Waals surface area contributed by atoms with E-state index >= 15 is 0 Å². The van der Waals surface area contributed by atoms with Crippen LogP contribution in [0, 0.1) is 0 Å². The van der Waals surface area contributed by atoms with Crippen molar-refractivity contribution in [3.8, 4) is 0 Å². The maximum absolute atomic E-state index is 12.9. The SMILES string of the molecule is COC(=O)C(Cc1ccc(NC(=O)c2cccc(C3CCNCC3)c2)cc1)NS(=O)(=O)Cc1ccccc1.Cl. The third kappa shape index (κ3) is 8.90. The number of halogens is 1. The van der Waals surface area contributed by atoms with Crippen molar-refractivity contribution in [3.05, 3.63) is 101 Å². The fourth-order valence-corrected chi connectivity index (χ4v) is 5.95. The maximum atomic E-state index is 12.9. The number of methoxy groups -OCH3 is 1. The number of hydrogen-bond acceptors (Lipinski definition) is 6. The Labute approximate surface area is 236 Å². The van der Waals surface area contributed by atoms with Crippen LogP contribution in [0.4, 0.5) is 5.69 Å². The lowest BCUT2D eigenvalue weighted by Crippen LogP contribution is -2.43. The highest BCUT2D eigenvalue weighted by molar-refractivity contribution is 7.88. The molecule has 208 valence electrons. The number of esters is 1. The van der Waals surface area contributed by atoms with E-state index < -0.39 is 22.0 Å². The third-order valence-corrected chi connectivity index (χ3v) is 7.98. The number of carbonyl (C=O) groups excluding carboxylic acids is 2. The minimum absolute atomic E-state index is 0. The highest BCUT2D eigenvalue weighted by Crippen LogP contribution is 2.26. The summed E-state index contributed by atoms with van der Waals surface area (Å²) in [5, 5.41) is 6.28. The second kappa shape index (κ2) is 14.2. The molecule has 10 heteroatoms. The number of carbonyl (C=O) groups is 2. The fraction of sp³-hybridized carbons (Fsp3) is 0.310. The fourth-order valence-electron chi connectivity index (χ4n) is 4.62. The number of anilines is 1. The van der Waals surface area contributed by atoms with Crippen LogP contribution in [0.3, 0.4) is 0 Å². The first-order valence-electron chi connectivity index (χ1n) is 12.7. The van der Waals surface area contributed by atoms with Gasteiger partial charge in [-0.3, -0.25) is 9.59 Å². The van der Waals surface area contributed by atoms with E-state index in [2.05, 4.69) is 21.4 Å². The minimum Gasteiger partial charge on any atom is -0.468 e. The van der Waals surface area contributed by atoms with Crippen molar-refractivity contribution < 1.29 is 22.7 Å². The molecule has 8 nitrogen and oxygen atoms in total. The lowest BCUT2D eigenvalue weighted by atomic mass is 9.89. The van der Waals surface area contributed by atoms with E-state index in [9.17, 15) is 18.0 Å². The molecule has 0 spiro atoms. The Kier molecular flexibility index (Phi) is 11.1. The molecule has 1 amide bonds. The molecule has 3 aromatic rings. The van der Waals surface area contributed by atoms with Crippen molar-refractivity contribution in [3.63, 3.8) is 0 Å². The molecule has 39 heavy (non-hydrogen) atoms. The molecule has 0 aromatic heterocycles. The summed E-state index contributed by atoms with van der Waals surface area (Å²) >= 11 is 0. The van der Waals surface area contributed by atoms with Gasteiger partial charge in [-0.2, -0.15) is 0 Å². The van der Waals surface area contributed by atoms with Crippen LogP contribution in [0.1, 0.15) is 45.8 Å². The number of amides is 1. The zero-order chi connectivity index (χ0) is 27.0. The predicted octanol–water partition coefficient (Wildman–Crippen LogP) is 4.03. The Bertz CT molecular complexity index is 1340. The van der Waals surface area contributed by atoms with Crippen molar-refractivity contribution in [1.29, 1.82) is 0 Å². The van der Waals surface area contributed by atoms with E-state index in [-0.39, 0.29) is 30.5 Å². The molecular weight excluding hydrogens is 538 g/mol. The Morgan fingerprint density at radius 3 is 2.31 bits per heavy atom. The van der Waals surface area contributed by atoms with Gasteiger partial charge in [0.15, 0.2) is 0 Å². The molecule has 1 aliphatic heterocycles. The first-order valence-corrected chi connectivity index (χ1v) is 14.3. The number of piperidine rings is 1. The second-order valence-corrected chi connectivity index (χ2v) is 11.2. The topological polar surface area (TPSA) is 114 Å². The van der Waals surface area contributed by atoms with Crippen LogP contribution in [-0.2, 0) is 31.7 Å². The van der Waals surface area contributed by atoms with Crippen LogP contribution in [0.2, 0.25) is 0 Å². The summed E-state index contributed by atoms with van der Waals surface area (Å²) in [6.45, 7) is 1.97. The molecule has 0 radical (unpaired) electrons. The Morgan fingerprint density at radius 1 is 0.949 bits per heavy atom. The molecule has 1 heterocycles. The van der Waals surface area contributed by atoms with Crippen molar-refractivity contribution in [1.82, 2.24) is 10.0 Å². The first kappa shape index (κ1) is 30.3. The van der Waals surface area contributed by atoms with Gasteiger partial charge in [-0.15, -0.1) is 12.4 Å². The zero-order valence-corrected chi connectivity index (χ0v) is 23.4. The molecule has 1 unspecified atom stereocenters. The summed E-state index contributed by atoms with van der Waals surface area (Å²) in [7, 11) is -2.57. The monoisotopic (exact) mass is 571 g/mol. The van der Waals surface area contributed by atoms with E-state index in [4.69, 9.17) is 4.74 Å². The number of hydrogen-bond donors (Lipinski definition) is 3. The van der Waals surface area contributed by atoms with E-state index in [1.165, 1.54) is 12.7 Å². The molecule has 1 aliphatic rings. The van der Waals surface area contributed by atoms with Gasteiger partial charge in [-0.05, 0) is 79.2 Å². The summed E-state index contributed by atoms with van der Waals surface area (Å²) in [5.41, 5.74) is 3.71. The van der Waals surface area contributed by atoms with Crippen molar-refractivity contribution in [2.75, 3.05) is 25.5 Å². The Hall–Kier alpha value is -3.24. The van der Waals surface area contributed by atoms with Crippen LogP contribution in [0.15, 0.2) is 78.9 Å². The average Bonchev–Trinajstić information content (AvgIpc) is 2.94. The maximum Gasteiger partial charge on any atom is 0.324 e. The highest BCUT2D eigenvalue weighted by Gasteiger charge is 2.26. The lowest BCUT2D eigenvalue weighted by molar-refractivity contribution is -0.142. The Morgan fingerprint density at radius 2 is 1.64 bits per heavy atom. The van der Waals surface area contributed by atoms with Gasteiger partial charge >= 0.3 is 5.97 Å². The molecule has 0 bridgehead atoms. The van der Waals surface area contributed by atoms with Crippen molar-refractivity contribution in [2.45, 2.75) is 37.0 Å². The van der Waals surface area contributed by atoms with Crippen molar-refractivity contribution in [2.24, 2.45) is 0 Å². The van der Waals surface area contributed by atoms with Gasteiger partial charge in [0.1, 0.15) is 6.04 Å². The van der Waals surface area contributed by atoms with Gasteiger partial charge in [0.05, 0.1) is 12.9 Å². The van der Waals surface area contributed by atoms with Crippen molar-refractivity contribution >= 4 is 40.0 Å². The molecular formula is C29H34ClN3O5S. The summed E-state index contributed by atoms with van der Waals surface area (Å²) in [6, 6.07) is 22.4. The van der Waals surface area contributed by atoms with Gasteiger partial charge in [0, 0.05) is 11.3 Å². The van der Waals surface area contributed by atoms with Gasteiger partial charge in [-0.25, -0.2) is 13.1 Å². The number of benzene rings is 3. The third-order valence-electron chi connectivity index (χ3n) is 6.62. The van der Waals surface area contributed by atoms with Gasteiger partial charge in [0.2, 0.25) is 10.0 Å². The molecule has 1 saturated heterocycles. The smallest absolute Gasteiger partial charge is 0.324 e. The van der Waals surface area contributed by atoms with Crippen LogP contribution < -0.4 is 15.4 Å². The molecule has 0 saturated carbocycles. The molecule has 0 aliphatic carbocycles. The summed E-state index contributed by atoms with van der Waals surface area (Å²) < 4.78 is 32.7. The Balaban J connectivity index is 0.00000420. The standard InChI is InChI=1S/C29H33N3O5S.ClH/c1-37-29(34)27(32-38(35,36)20-22-6-3-2-4-7-22)18-21-10-12-26(13-11-21)31-28(33)25-9-5-8-24(19-25)23-14-16-30-17-15-23;/h2-13,19,23,27,30,32H,14-18,20H2,1H3,(H,31,33);1H. The van der Waals surface area contributed by atoms with E-state index in [1.807, 2.05) is 12.1 Å². The molecule has 1 atom stereocenters. The number of nitrogens with one attached hydrogen (secondary N) is 3. The molecule has 4 rings (SSSR count). The second-order valence-electron chi connectivity index (χ2n) is 9.44. The van der Waals surface area contributed by atoms with Crippen LogP contribution in [-0.4, -0.2) is 46.5 Å². The van der Waals surface area contributed by atoms with Gasteiger partial charge in [-0.1, -0.05) is 54.6 Å². The van der Waals surface area contributed by atoms with E-state index in [0.29, 0.717) is 28.3 Å². The number of sulfonamides is 1. The minimum atomic E-state index is -3.79. The lowest BCUT2D eigenvalue weighted by Gasteiger charge is -2.23. The first-order chi connectivity index (χ1) is 18.3. The van der Waals surface area contributed by atoms with Crippen LogP contribution in [0.5, 0.6) is 0 Å². The van der Waals surface area contributed by atoms with E-state index in [0.717, 1.165) is 25.9 Å². The largest absolute Gasteiger partial charge is 0.468 e. The van der Waals surface area contributed by atoms with E-state index in [1.54, 1.807) is 60.7 Å². The summed E-state index contributed by atoms with van der Waals surface area (Å²) in [5.74, 6) is -0.663. The highest BCUT2D eigenvalue weighted by atomic mass is 35.5. The van der Waals surface area contributed by atoms with Gasteiger partial charge in [0.25, 0.3) is 5.91 Å². The average molecular weight is 572 g/mol. The molecule has 3 aromatic carbocycles. The number of ether oxygens (including phenoxy) is 1. The van der Waals surface area contributed by atoms with Gasteiger partial charge < -0.3 is 15.4 Å². The quantitative estimate of drug-likeness (QED) is 0.317. The molecule has 3 N–H and O–H groups in total. The number of rotatable bonds is 10. The van der Waals surface area contributed by atoms with Crippen LogP contribution >= 0.6 is 12.4 Å². The normalized spacial score (nSPS) is 14.6. The summed E-state index contributed by atoms with van der Waals surface area (Å²) in [6.07, 6.45) is 2.22. The predicted molar refractivity (Wildman–Crippen MR) is 155 cm³/mol.